The second kappa shape index (κ2) is 4.91. The van der Waals surface area contributed by atoms with Gasteiger partial charge in [-0.3, -0.25) is 0 Å². The van der Waals surface area contributed by atoms with Crippen LogP contribution in [-0.4, -0.2) is 20.2 Å². The van der Waals surface area contributed by atoms with Crippen molar-refractivity contribution in [1.29, 1.82) is 0 Å². The Morgan fingerprint density at radius 3 is 3.00 bits per heavy atom. The van der Waals surface area contributed by atoms with Crippen LogP contribution in [0, 0.1) is 0 Å². The lowest BCUT2D eigenvalue weighted by Gasteiger charge is -2.21. The Morgan fingerprint density at radius 1 is 1.50 bits per heavy atom. The molecule has 0 aliphatic carbocycles. The van der Waals surface area contributed by atoms with Crippen LogP contribution in [0.5, 0.6) is 0 Å². The zero-order valence-electron chi connectivity index (χ0n) is 8.58. The third kappa shape index (κ3) is 2.35. The van der Waals surface area contributed by atoms with Gasteiger partial charge in [-0.15, -0.1) is 11.3 Å². The van der Waals surface area contributed by atoms with Crippen LogP contribution in [-0.2, 0) is 11.3 Å². The number of piperidine rings is 1. The third-order valence-corrected chi connectivity index (χ3v) is 3.87. The molecule has 14 heavy (non-hydrogen) atoms. The summed E-state index contributed by atoms with van der Waals surface area (Å²) in [7, 11) is 1.75. The van der Waals surface area contributed by atoms with Gasteiger partial charge >= 0.3 is 0 Å². The largest absolute Gasteiger partial charge is 0.380 e. The van der Waals surface area contributed by atoms with Gasteiger partial charge in [0.05, 0.1) is 6.61 Å². The highest BCUT2D eigenvalue weighted by Crippen LogP contribution is 2.30. The van der Waals surface area contributed by atoms with E-state index in [1.807, 2.05) is 11.3 Å². The summed E-state index contributed by atoms with van der Waals surface area (Å²) in [4.78, 5) is 1.54. The van der Waals surface area contributed by atoms with Crippen LogP contribution in [0.15, 0.2) is 11.4 Å². The van der Waals surface area contributed by atoms with Gasteiger partial charge in [-0.25, -0.2) is 0 Å². The van der Waals surface area contributed by atoms with Gasteiger partial charge in [-0.2, -0.15) is 0 Å². The van der Waals surface area contributed by atoms with Gasteiger partial charge in [0.15, 0.2) is 0 Å². The lowest BCUT2D eigenvalue weighted by Crippen LogP contribution is -2.26. The summed E-state index contributed by atoms with van der Waals surface area (Å²) in [5.41, 5.74) is 1.33. The number of rotatable bonds is 3. The Balaban J connectivity index is 2.00. The summed E-state index contributed by atoms with van der Waals surface area (Å²) in [6.07, 6.45) is 2.57. The van der Waals surface area contributed by atoms with Crippen LogP contribution < -0.4 is 5.32 Å². The average Bonchev–Trinajstić information content (AvgIpc) is 2.68. The van der Waals surface area contributed by atoms with E-state index in [-0.39, 0.29) is 0 Å². The maximum atomic E-state index is 5.12. The Kier molecular flexibility index (Phi) is 3.56. The smallest absolute Gasteiger partial charge is 0.0721 e. The van der Waals surface area contributed by atoms with Crippen LogP contribution in [0.2, 0.25) is 0 Å². The second-order valence-electron chi connectivity index (χ2n) is 3.81. The molecule has 0 unspecified atom stereocenters. The molecule has 1 N–H and O–H groups in total. The molecule has 2 nitrogen and oxygen atoms in total. The normalized spacial score (nSPS) is 18.6. The van der Waals surface area contributed by atoms with E-state index >= 15 is 0 Å². The monoisotopic (exact) mass is 211 g/mol. The van der Waals surface area contributed by atoms with Crippen molar-refractivity contribution in [2.24, 2.45) is 0 Å². The van der Waals surface area contributed by atoms with E-state index in [1.165, 1.54) is 31.5 Å². The van der Waals surface area contributed by atoms with Gasteiger partial charge in [0.2, 0.25) is 0 Å². The second-order valence-corrected chi connectivity index (χ2v) is 4.76. The van der Waals surface area contributed by atoms with E-state index in [0.717, 1.165) is 12.5 Å². The molecule has 3 heteroatoms. The Hall–Kier alpha value is -0.380. The van der Waals surface area contributed by atoms with E-state index in [0.29, 0.717) is 0 Å². The van der Waals surface area contributed by atoms with Gasteiger partial charge in [-0.05, 0) is 48.9 Å². The molecule has 0 amide bonds. The molecule has 0 saturated carbocycles. The lowest BCUT2D eigenvalue weighted by molar-refractivity contribution is 0.185. The van der Waals surface area contributed by atoms with E-state index < -0.39 is 0 Å². The van der Waals surface area contributed by atoms with E-state index in [4.69, 9.17) is 4.74 Å². The van der Waals surface area contributed by atoms with Crippen molar-refractivity contribution in [2.75, 3.05) is 20.2 Å². The maximum Gasteiger partial charge on any atom is 0.0721 e. The minimum absolute atomic E-state index is 0.751. The molecular formula is C11H17NOS. The number of thiophene rings is 1. The van der Waals surface area contributed by atoms with Crippen molar-refractivity contribution < 1.29 is 4.74 Å². The van der Waals surface area contributed by atoms with Gasteiger partial charge in [0, 0.05) is 12.0 Å². The fraction of sp³-hybridized carbons (Fsp3) is 0.636. The fourth-order valence-corrected chi connectivity index (χ4v) is 3.03. The molecule has 1 aromatic heterocycles. The van der Waals surface area contributed by atoms with Crippen LogP contribution >= 0.6 is 11.3 Å². The molecule has 1 aliphatic rings. The first-order valence-electron chi connectivity index (χ1n) is 5.17. The SMILES string of the molecule is COCc1csc(C2CCNCC2)c1. The molecule has 0 atom stereocenters. The van der Waals surface area contributed by atoms with Gasteiger partial charge in [-0.1, -0.05) is 0 Å². The van der Waals surface area contributed by atoms with E-state index in [1.54, 1.807) is 12.0 Å². The molecule has 1 aliphatic heterocycles. The van der Waals surface area contributed by atoms with Crippen molar-refractivity contribution in [2.45, 2.75) is 25.4 Å². The van der Waals surface area contributed by atoms with Crippen LogP contribution in [0.1, 0.15) is 29.2 Å². The Labute approximate surface area is 89.3 Å². The van der Waals surface area contributed by atoms with E-state index in [9.17, 15) is 0 Å². The zero-order valence-corrected chi connectivity index (χ0v) is 9.40. The van der Waals surface area contributed by atoms with Crippen molar-refractivity contribution >= 4 is 11.3 Å². The van der Waals surface area contributed by atoms with Crippen LogP contribution in [0.3, 0.4) is 0 Å². The first-order valence-corrected chi connectivity index (χ1v) is 6.05. The molecular weight excluding hydrogens is 194 g/mol. The third-order valence-electron chi connectivity index (χ3n) is 2.73. The molecule has 0 spiro atoms. The van der Waals surface area contributed by atoms with Crippen molar-refractivity contribution in [3.8, 4) is 0 Å². The van der Waals surface area contributed by atoms with Gasteiger partial charge in [0.1, 0.15) is 0 Å². The molecule has 1 aromatic rings. The predicted molar refractivity (Wildman–Crippen MR) is 59.9 cm³/mol. The number of methoxy groups -OCH3 is 1. The molecule has 0 aromatic carbocycles. The van der Waals surface area contributed by atoms with Gasteiger partial charge in [0.25, 0.3) is 0 Å². The van der Waals surface area contributed by atoms with Gasteiger partial charge < -0.3 is 10.1 Å². The number of nitrogens with one attached hydrogen (secondary N) is 1. The Morgan fingerprint density at radius 2 is 2.29 bits per heavy atom. The van der Waals surface area contributed by atoms with E-state index in [2.05, 4.69) is 16.8 Å². The minimum atomic E-state index is 0.751. The Bertz CT molecular complexity index is 279. The summed E-state index contributed by atoms with van der Waals surface area (Å²) in [5.74, 6) is 0.784. The predicted octanol–water partition coefficient (Wildman–Crippen LogP) is 2.36. The summed E-state index contributed by atoms with van der Waals surface area (Å²) in [6.45, 7) is 3.09. The topological polar surface area (TPSA) is 21.3 Å². The molecule has 0 radical (unpaired) electrons. The van der Waals surface area contributed by atoms with Crippen molar-refractivity contribution in [3.05, 3.63) is 21.9 Å². The van der Waals surface area contributed by atoms with Crippen LogP contribution in [0.25, 0.3) is 0 Å². The van der Waals surface area contributed by atoms with Crippen molar-refractivity contribution in [1.82, 2.24) is 5.32 Å². The zero-order chi connectivity index (χ0) is 9.80. The average molecular weight is 211 g/mol. The number of ether oxygens (including phenoxy) is 1. The fourth-order valence-electron chi connectivity index (χ4n) is 1.96. The summed E-state index contributed by atoms with van der Waals surface area (Å²) < 4.78 is 5.12. The molecule has 2 rings (SSSR count). The first-order chi connectivity index (χ1) is 6.90. The highest BCUT2D eigenvalue weighted by atomic mass is 32.1. The lowest BCUT2D eigenvalue weighted by atomic mass is 9.96. The summed E-state index contributed by atoms with van der Waals surface area (Å²) in [5, 5.41) is 5.62. The standard InChI is InChI=1S/C11H17NOS/c1-13-7-9-6-11(14-8-9)10-2-4-12-5-3-10/h6,8,10,12H,2-5,7H2,1H3. The quantitative estimate of drug-likeness (QED) is 0.828. The number of hydrogen-bond donors (Lipinski definition) is 1. The maximum absolute atomic E-state index is 5.12. The molecule has 1 fully saturated rings. The molecule has 1 saturated heterocycles. The minimum Gasteiger partial charge on any atom is -0.380 e. The van der Waals surface area contributed by atoms with Crippen LogP contribution in [0.4, 0.5) is 0 Å². The highest BCUT2D eigenvalue weighted by Gasteiger charge is 2.16. The molecule has 0 bridgehead atoms. The number of hydrogen-bond acceptors (Lipinski definition) is 3. The molecule has 78 valence electrons. The van der Waals surface area contributed by atoms with Crippen molar-refractivity contribution in [3.63, 3.8) is 0 Å². The summed E-state index contributed by atoms with van der Waals surface area (Å²) >= 11 is 1.89. The molecule has 2 heterocycles. The summed E-state index contributed by atoms with van der Waals surface area (Å²) in [6, 6.07) is 2.31. The highest BCUT2D eigenvalue weighted by molar-refractivity contribution is 7.10. The first kappa shape index (κ1) is 10.1.